The van der Waals surface area contributed by atoms with E-state index in [1.807, 2.05) is 4.90 Å². The standard InChI is InChI=1S/C20H25N7O3/c21-13-20(14-1-2-14)4-8-27(18(20)29)15-3-5-22-16(11-15)25-19(30)24-7-10-26-9-6-23-17(28)12-26/h3,5,11,14H,1-2,4,6-10,12H2,(H,23,28)(H2,22,24,25,30)/t20-/m1/s1. The Labute approximate surface area is 174 Å². The zero-order valence-corrected chi connectivity index (χ0v) is 16.7. The van der Waals surface area contributed by atoms with Gasteiger partial charge in [-0.3, -0.25) is 19.8 Å². The summed E-state index contributed by atoms with van der Waals surface area (Å²) in [7, 11) is 0. The molecule has 0 spiro atoms. The van der Waals surface area contributed by atoms with E-state index in [1.54, 1.807) is 17.0 Å². The molecule has 30 heavy (non-hydrogen) atoms. The summed E-state index contributed by atoms with van der Waals surface area (Å²) in [5.74, 6) is 0.331. The van der Waals surface area contributed by atoms with Crippen molar-refractivity contribution in [2.75, 3.05) is 49.5 Å². The van der Waals surface area contributed by atoms with E-state index in [0.29, 0.717) is 50.6 Å². The van der Waals surface area contributed by atoms with E-state index in [2.05, 4.69) is 27.0 Å². The van der Waals surface area contributed by atoms with E-state index in [-0.39, 0.29) is 17.7 Å². The molecule has 2 aliphatic heterocycles. The molecule has 3 aliphatic rings. The lowest BCUT2D eigenvalue weighted by atomic mass is 9.83. The number of aromatic nitrogens is 1. The number of nitrogens with one attached hydrogen (secondary N) is 3. The summed E-state index contributed by atoms with van der Waals surface area (Å²) in [6.07, 6.45) is 3.93. The van der Waals surface area contributed by atoms with E-state index in [9.17, 15) is 19.6 Å². The third kappa shape index (κ3) is 4.07. The number of nitrogens with zero attached hydrogens (tertiary/aromatic N) is 4. The summed E-state index contributed by atoms with van der Waals surface area (Å²) in [5.41, 5.74) is -0.276. The summed E-state index contributed by atoms with van der Waals surface area (Å²) >= 11 is 0. The highest BCUT2D eigenvalue weighted by Gasteiger charge is 2.56. The van der Waals surface area contributed by atoms with Gasteiger partial charge in [0.05, 0.1) is 12.6 Å². The normalized spacial score (nSPS) is 24.3. The van der Waals surface area contributed by atoms with Crippen molar-refractivity contribution in [3.8, 4) is 6.07 Å². The molecule has 2 saturated heterocycles. The monoisotopic (exact) mass is 411 g/mol. The highest BCUT2D eigenvalue weighted by atomic mass is 16.2. The molecule has 158 valence electrons. The predicted octanol–water partition coefficient (Wildman–Crippen LogP) is 0.292. The molecule has 1 saturated carbocycles. The van der Waals surface area contributed by atoms with Crippen LogP contribution in [0.3, 0.4) is 0 Å². The average molecular weight is 411 g/mol. The molecule has 1 aromatic heterocycles. The highest BCUT2D eigenvalue weighted by molar-refractivity contribution is 6.02. The molecule has 0 aromatic carbocycles. The van der Waals surface area contributed by atoms with Gasteiger partial charge in [-0.05, 0) is 31.2 Å². The first-order valence-electron chi connectivity index (χ1n) is 10.2. The molecule has 3 heterocycles. The molecule has 4 amide bonds. The summed E-state index contributed by atoms with van der Waals surface area (Å²) in [5, 5.41) is 17.8. The van der Waals surface area contributed by atoms with Crippen molar-refractivity contribution in [3.63, 3.8) is 0 Å². The smallest absolute Gasteiger partial charge is 0.320 e. The van der Waals surface area contributed by atoms with E-state index < -0.39 is 11.4 Å². The van der Waals surface area contributed by atoms with Gasteiger partial charge in [0, 0.05) is 50.7 Å². The number of pyridine rings is 1. The van der Waals surface area contributed by atoms with Crippen LogP contribution in [0.4, 0.5) is 16.3 Å². The lowest BCUT2D eigenvalue weighted by Crippen LogP contribution is -2.49. The topological polar surface area (TPSA) is 130 Å². The van der Waals surface area contributed by atoms with Crippen LogP contribution in [0.1, 0.15) is 19.3 Å². The fourth-order valence-electron chi connectivity index (χ4n) is 4.16. The zero-order valence-electron chi connectivity index (χ0n) is 16.7. The molecule has 1 aromatic rings. The maximum Gasteiger partial charge on any atom is 0.320 e. The van der Waals surface area contributed by atoms with Gasteiger partial charge in [0.15, 0.2) is 0 Å². The van der Waals surface area contributed by atoms with Crippen LogP contribution in [0.15, 0.2) is 18.3 Å². The Hall–Kier alpha value is -3.19. The average Bonchev–Trinajstić information content (AvgIpc) is 3.52. The second kappa shape index (κ2) is 8.28. The maximum absolute atomic E-state index is 12.9. The largest absolute Gasteiger partial charge is 0.354 e. The van der Waals surface area contributed by atoms with Crippen LogP contribution < -0.4 is 20.9 Å². The Morgan fingerprint density at radius 1 is 1.37 bits per heavy atom. The minimum Gasteiger partial charge on any atom is -0.354 e. The number of nitriles is 1. The molecular formula is C20H25N7O3. The number of piperazine rings is 1. The van der Waals surface area contributed by atoms with Crippen molar-refractivity contribution in [1.29, 1.82) is 5.26 Å². The van der Waals surface area contributed by atoms with Gasteiger partial charge in [0.25, 0.3) is 0 Å². The number of anilines is 2. The molecular weight excluding hydrogens is 386 g/mol. The lowest BCUT2D eigenvalue weighted by molar-refractivity contribution is -0.124. The van der Waals surface area contributed by atoms with Crippen LogP contribution in [0.2, 0.25) is 0 Å². The first-order valence-corrected chi connectivity index (χ1v) is 10.2. The number of carbonyl (C=O) groups is 3. The second-order valence-corrected chi connectivity index (χ2v) is 7.97. The number of rotatable bonds is 6. The van der Waals surface area contributed by atoms with Crippen LogP contribution in [-0.2, 0) is 9.59 Å². The Balaban J connectivity index is 1.31. The van der Waals surface area contributed by atoms with Gasteiger partial charge in [-0.1, -0.05) is 0 Å². The molecule has 3 fully saturated rings. The van der Waals surface area contributed by atoms with E-state index in [0.717, 1.165) is 19.4 Å². The summed E-state index contributed by atoms with van der Waals surface area (Å²) in [4.78, 5) is 44.2. The summed E-state index contributed by atoms with van der Waals surface area (Å²) in [6.45, 7) is 3.17. The van der Waals surface area contributed by atoms with Crippen LogP contribution >= 0.6 is 0 Å². The molecule has 10 nitrogen and oxygen atoms in total. The van der Waals surface area contributed by atoms with Gasteiger partial charge >= 0.3 is 6.03 Å². The summed E-state index contributed by atoms with van der Waals surface area (Å²) in [6, 6.07) is 5.23. The third-order valence-corrected chi connectivity index (χ3v) is 5.96. The number of urea groups is 1. The van der Waals surface area contributed by atoms with Gasteiger partial charge in [-0.25, -0.2) is 9.78 Å². The van der Waals surface area contributed by atoms with Crippen molar-refractivity contribution in [2.24, 2.45) is 11.3 Å². The number of carbonyl (C=O) groups excluding carboxylic acids is 3. The Bertz CT molecular complexity index is 895. The Morgan fingerprint density at radius 2 is 2.20 bits per heavy atom. The number of hydrogen-bond donors (Lipinski definition) is 3. The lowest BCUT2D eigenvalue weighted by Gasteiger charge is -2.26. The molecule has 3 N–H and O–H groups in total. The van der Waals surface area contributed by atoms with E-state index >= 15 is 0 Å². The van der Waals surface area contributed by atoms with Crippen LogP contribution in [0, 0.1) is 22.7 Å². The first-order chi connectivity index (χ1) is 14.5. The highest BCUT2D eigenvalue weighted by Crippen LogP contribution is 2.51. The van der Waals surface area contributed by atoms with Gasteiger partial charge in [-0.2, -0.15) is 5.26 Å². The van der Waals surface area contributed by atoms with E-state index in [1.165, 1.54) is 6.20 Å². The van der Waals surface area contributed by atoms with Gasteiger partial charge in [-0.15, -0.1) is 0 Å². The SMILES string of the molecule is N#C[C@@]1(C2CC2)CCN(c2ccnc(NC(=O)NCCN3CCNC(=O)C3)c2)C1=O. The Morgan fingerprint density at radius 3 is 2.93 bits per heavy atom. The molecule has 0 unspecified atom stereocenters. The maximum atomic E-state index is 12.9. The quantitative estimate of drug-likeness (QED) is 0.617. The molecule has 0 bridgehead atoms. The second-order valence-electron chi connectivity index (χ2n) is 7.97. The van der Waals surface area contributed by atoms with Crippen molar-refractivity contribution in [1.82, 2.24) is 20.5 Å². The first kappa shape index (κ1) is 20.1. The predicted molar refractivity (Wildman–Crippen MR) is 108 cm³/mol. The van der Waals surface area contributed by atoms with E-state index in [4.69, 9.17) is 0 Å². The van der Waals surface area contributed by atoms with Gasteiger partial charge in [0.2, 0.25) is 11.8 Å². The van der Waals surface area contributed by atoms with Gasteiger partial charge < -0.3 is 15.5 Å². The molecule has 4 rings (SSSR count). The van der Waals surface area contributed by atoms with Gasteiger partial charge in [0.1, 0.15) is 11.2 Å². The zero-order chi connectivity index (χ0) is 21.1. The van der Waals surface area contributed by atoms with Crippen molar-refractivity contribution >= 4 is 29.4 Å². The fraction of sp³-hybridized carbons (Fsp3) is 0.550. The van der Waals surface area contributed by atoms with Crippen LogP contribution in [-0.4, -0.2) is 67.0 Å². The molecule has 10 heteroatoms. The van der Waals surface area contributed by atoms with Crippen LogP contribution in [0.25, 0.3) is 0 Å². The summed E-state index contributed by atoms with van der Waals surface area (Å²) < 4.78 is 0. The van der Waals surface area contributed by atoms with Crippen molar-refractivity contribution in [2.45, 2.75) is 19.3 Å². The number of amides is 4. The Kier molecular flexibility index (Phi) is 5.55. The minimum atomic E-state index is -0.903. The molecule has 1 atom stereocenters. The fourth-order valence-corrected chi connectivity index (χ4v) is 4.16. The van der Waals surface area contributed by atoms with Crippen molar-refractivity contribution < 1.29 is 14.4 Å². The molecule has 0 radical (unpaired) electrons. The minimum absolute atomic E-state index is 0.00900. The molecule has 1 aliphatic carbocycles. The third-order valence-electron chi connectivity index (χ3n) is 5.96. The van der Waals surface area contributed by atoms with Crippen molar-refractivity contribution in [3.05, 3.63) is 18.3 Å². The number of hydrogen-bond acceptors (Lipinski definition) is 6. The van der Waals surface area contributed by atoms with Crippen LogP contribution in [0.5, 0.6) is 0 Å².